The Morgan fingerprint density at radius 1 is 1.16 bits per heavy atom. The lowest BCUT2D eigenvalue weighted by Gasteiger charge is -2.14. The van der Waals surface area contributed by atoms with Crippen LogP contribution in [0.2, 0.25) is 5.02 Å². The van der Waals surface area contributed by atoms with Crippen molar-refractivity contribution >= 4 is 11.6 Å². The highest BCUT2D eigenvalue weighted by molar-refractivity contribution is 6.30. The normalized spacial score (nSPS) is 12.5. The van der Waals surface area contributed by atoms with Gasteiger partial charge < -0.3 is 5.11 Å². The molecule has 0 fully saturated rings. The fourth-order valence-corrected chi connectivity index (χ4v) is 2.17. The van der Waals surface area contributed by atoms with Gasteiger partial charge >= 0.3 is 0 Å². The van der Waals surface area contributed by atoms with Gasteiger partial charge in [-0.3, -0.25) is 0 Å². The molecule has 100 valence electrons. The molecule has 1 N–H and O–H groups in total. The predicted octanol–water partition coefficient (Wildman–Crippen LogP) is 4.20. The van der Waals surface area contributed by atoms with E-state index in [-0.39, 0.29) is 11.4 Å². The highest BCUT2D eigenvalue weighted by atomic mass is 35.5. The lowest BCUT2D eigenvalue weighted by Crippen LogP contribution is -2.04. The molecular formula is C15H13ClF2O. The van der Waals surface area contributed by atoms with Crippen molar-refractivity contribution in [3.8, 4) is 0 Å². The van der Waals surface area contributed by atoms with E-state index in [1.54, 1.807) is 19.1 Å². The minimum atomic E-state index is -0.850. The molecule has 0 aliphatic carbocycles. The van der Waals surface area contributed by atoms with E-state index in [1.165, 1.54) is 24.3 Å². The Labute approximate surface area is 115 Å². The van der Waals surface area contributed by atoms with E-state index < -0.39 is 17.7 Å². The monoisotopic (exact) mass is 282 g/mol. The van der Waals surface area contributed by atoms with Gasteiger partial charge in [0.05, 0.1) is 11.1 Å². The Bertz CT molecular complexity index is 599. The number of aryl methyl sites for hydroxylation is 1. The summed E-state index contributed by atoms with van der Waals surface area (Å²) in [5.41, 5.74) is 2.03. The third-order valence-corrected chi connectivity index (χ3v) is 3.30. The Balaban J connectivity index is 2.22. The van der Waals surface area contributed by atoms with Gasteiger partial charge in [-0.2, -0.15) is 0 Å². The summed E-state index contributed by atoms with van der Waals surface area (Å²) in [6.45, 7) is 1.80. The molecule has 0 saturated heterocycles. The fraction of sp³-hybridized carbons (Fsp3) is 0.200. The zero-order valence-corrected chi connectivity index (χ0v) is 11.1. The molecule has 0 radical (unpaired) electrons. The van der Waals surface area contributed by atoms with Gasteiger partial charge in [0, 0.05) is 6.42 Å². The van der Waals surface area contributed by atoms with E-state index >= 15 is 0 Å². The van der Waals surface area contributed by atoms with Crippen LogP contribution in [0.1, 0.15) is 22.8 Å². The van der Waals surface area contributed by atoms with Crippen LogP contribution >= 0.6 is 11.6 Å². The van der Waals surface area contributed by atoms with Crippen molar-refractivity contribution in [3.63, 3.8) is 0 Å². The molecule has 19 heavy (non-hydrogen) atoms. The molecule has 4 heteroatoms. The zero-order chi connectivity index (χ0) is 14.0. The summed E-state index contributed by atoms with van der Waals surface area (Å²) in [4.78, 5) is 0. The molecule has 0 aromatic heterocycles. The van der Waals surface area contributed by atoms with Crippen LogP contribution in [0.4, 0.5) is 8.78 Å². The van der Waals surface area contributed by atoms with Crippen molar-refractivity contribution in [1.82, 2.24) is 0 Å². The maximum atomic E-state index is 13.2. The molecule has 0 heterocycles. The van der Waals surface area contributed by atoms with Crippen LogP contribution in [0.15, 0.2) is 36.4 Å². The lowest BCUT2D eigenvalue weighted by molar-refractivity contribution is 0.177. The number of hydrogen-bond donors (Lipinski definition) is 1. The van der Waals surface area contributed by atoms with Crippen molar-refractivity contribution in [3.05, 3.63) is 69.7 Å². The molecule has 0 aliphatic heterocycles. The Morgan fingerprint density at radius 3 is 2.58 bits per heavy atom. The fourth-order valence-electron chi connectivity index (χ4n) is 1.97. The third kappa shape index (κ3) is 3.31. The summed E-state index contributed by atoms with van der Waals surface area (Å²) in [5, 5.41) is 10.2. The van der Waals surface area contributed by atoms with Crippen molar-refractivity contribution in [2.45, 2.75) is 19.4 Å². The van der Waals surface area contributed by atoms with Crippen LogP contribution in [0.3, 0.4) is 0 Å². The first-order chi connectivity index (χ1) is 8.97. The summed E-state index contributed by atoms with van der Waals surface area (Å²) in [5.74, 6) is -0.890. The predicted molar refractivity (Wildman–Crippen MR) is 71.2 cm³/mol. The minimum Gasteiger partial charge on any atom is -0.388 e. The maximum Gasteiger partial charge on any atom is 0.141 e. The maximum absolute atomic E-state index is 13.2. The molecular weight excluding hydrogens is 270 g/mol. The summed E-state index contributed by atoms with van der Waals surface area (Å²) < 4.78 is 26.2. The highest BCUT2D eigenvalue weighted by Gasteiger charge is 2.13. The second-order valence-corrected chi connectivity index (χ2v) is 4.88. The Kier molecular flexibility index (Phi) is 4.17. The molecule has 1 atom stereocenters. The number of rotatable bonds is 3. The average molecular weight is 283 g/mol. The van der Waals surface area contributed by atoms with Gasteiger partial charge in [0.25, 0.3) is 0 Å². The van der Waals surface area contributed by atoms with Crippen LogP contribution in [0.25, 0.3) is 0 Å². The van der Waals surface area contributed by atoms with E-state index in [0.29, 0.717) is 11.1 Å². The number of aliphatic hydroxyl groups excluding tert-OH is 1. The average Bonchev–Trinajstić information content (AvgIpc) is 2.36. The molecule has 2 aromatic rings. The topological polar surface area (TPSA) is 20.2 Å². The minimum absolute atomic E-state index is 0.0145. The number of aliphatic hydroxyl groups is 1. The van der Waals surface area contributed by atoms with Crippen LogP contribution in [-0.2, 0) is 6.42 Å². The summed E-state index contributed by atoms with van der Waals surface area (Å²) >= 11 is 5.68. The van der Waals surface area contributed by atoms with Crippen molar-refractivity contribution in [2.75, 3.05) is 0 Å². The molecule has 0 aliphatic rings. The van der Waals surface area contributed by atoms with Crippen LogP contribution in [-0.4, -0.2) is 5.11 Å². The summed E-state index contributed by atoms with van der Waals surface area (Å²) in [6.07, 6.45) is -0.596. The summed E-state index contributed by atoms with van der Waals surface area (Å²) in [6, 6.07) is 8.55. The van der Waals surface area contributed by atoms with E-state index in [0.717, 1.165) is 5.56 Å². The zero-order valence-electron chi connectivity index (χ0n) is 10.3. The molecule has 1 unspecified atom stereocenters. The SMILES string of the molecule is Cc1ccc(F)cc1C(O)Cc1ccc(F)c(Cl)c1. The van der Waals surface area contributed by atoms with E-state index in [4.69, 9.17) is 11.6 Å². The molecule has 1 nitrogen and oxygen atoms in total. The van der Waals surface area contributed by atoms with Gasteiger partial charge in [-0.1, -0.05) is 23.7 Å². The number of benzene rings is 2. The van der Waals surface area contributed by atoms with E-state index in [2.05, 4.69) is 0 Å². The third-order valence-electron chi connectivity index (χ3n) is 3.01. The van der Waals surface area contributed by atoms with E-state index in [1.807, 2.05) is 0 Å². The first kappa shape index (κ1) is 14.0. The van der Waals surface area contributed by atoms with Crippen molar-refractivity contribution < 1.29 is 13.9 Å². The summed E-state index contributed by atoms with van der Waals surface area (Å²) in [7, 11) is 0. The van der Waals surface area contributed by atoms with Gasteiger partial charge in [-0.05, 0) is 47.9 Å². The van der Waals surface area contributed by atoms with Crippen molar-refractivity contribution in [1.29, 1.82) is 0 Å². The standard InChI is InChI=1S/C15H13ClF2O/c1-9-2-4-11(17)8-12(9)15(19)7-10-3-5-14(18)13(16)6-10/h2-6,8,15,19H,7H2,1H3. The Hall–Kier alpha value is -1.45. The largest absolute Gasteiger partial charge is 0.388 e. The smallest absolute Gasteiger partial charge is 0.141 e. The molecule has 2 aromatic carbocycles. The lowest BCUT2D eigenvalue weighted by atomic mass is 9.97. The highest BCUT2D eigenvalue weighted by Crippen LogP contribution is 2.24. The van der Waals surface area contributed by atoms with Crippen LogP contribution < -0.4 is 0 Å². The number of halogens is 3. The first-order valence-corrected chi connectivity index (χ1v) is 6.23. The first-order valence-electron chi connectivity index (χ1n) is 5.85. The molecule has 0 spiro atoms. The van der Waals surface area contributed by atoms with Crippen LogP contribution in [0.5, 0.6) is 0 Å². The molecule has 0 saturated carbocycles. The van der Waals surface area contributed by atoms with Crippen molar-refractivity contribution in [2.24, 2.45) is 0 Å². The van der Waals surface area contributed by atoms with Gasteiger partial charge in [0.2, 0.25) is 0 Å². The Morgan fingerprint density at radius 2 is 1.89 bits per heavy atom. The van der Waals surface area contributed by atoms with E-state index in [9.17, 15) is 13.9 Å². The quantitative estimate of drug-likeness (QED) is 0.894. The van der Waals surface area contributed by atoms with Gasteiger partial charge in [0.15, 0.2) is 0 Å². The molecule has 0 amide bonds. The van der Waals surface area contributed by atoms with Gasteiger partial charge in [0.1, 0.15) is 11.6 Å². The number of hydrogen-bond acceptors (Lipinski definition) is 1. The molecule has 2 rings (SSSR count). The van der Waals surface area contributed by atoms with Gasteiger partial charge in [-0.25, -0.2) is 8.78 Å². The second kappa shape index (κ2) is 5.68. The van der Waals surface area contributed by atoms with Gasteiger partial charge in [-0.15, -0.1) is 0 Å². The second-order valence-electron chi connectivity index (χ2n) is 4.47. The molecule has 0 bridgehead atoms. The van der Waals surface area contributed by atoms with Crippen LogP contribution in [0, 0.1) is 18.6 Å².